The lowest BCUT2D eigenvalue weighted by molar-refractivity contribution is 0.582. The maximum atomic E-state index is 13.8. The average molecular weight is 235 g/mol. The predicted molar refractivity (Wildman–Crippen MR) is 58.4 cm³/mol. The fourth-order valence-electron chi connectivity index (χ4n) is 1.79. The van der Waals surface area contributed by atoms with E-state index in [1.54, 1.807) is 6.92 Å². The van der Waals surface area contributed by atoms with E-state index < -0.39 is 11.6 Å². The van der Waals surface area contributed by atoms with E-state index in [9.17, 15) is 8.78 Å². The molecule has 88 valence electrons. The van der Waals surface area contributed by atoms with Crippen LogP contribution in [0.15, 0.2) is 12.1 Å². The second-order valence-corrected chi connectivity index (χ2v) is 4.37. The fourth-order valence-corrected chi connectivity index (χ4v) is 1.79. The van der Waals surface area contributed by atoms with Gasteiger partial charge in [-0.2, -0.15) is 5.10 Å². The van der Waals surface area contributed by atoms with Crippen molar-refractivity contribution in [3.05, 3.63) is 35.2 Å². The molecule has 1 N–H and O–H groups in total. The first-order valence-electron chi connectivity index (χ1n) is 5.54. The van der Waals surface area contributed by atoms with E-state index in [0.717, 1.165) is 18.7 Å². The topological polar surface area (TPSA) is 41.6 Å². The van der Waals surface area contributed by atoms with Crippen molar-refractivity contribution in [3.63, 3.8) is 0 Å². The molecule has 1 aliphatic rings. The zero-order valence-corrected chi connectivity index (χ0v) is 9.30. The van der Waals surface area contributed by atoms with Crippen LogP contribution in [0.3, 0.4) is 0 Å². The van der Waals surface area contributed by atoms with Gasteiger partial charge < -0.3 is 0 Å². The summed E-state index contributed by atoms with van der Waals surface area (Å²) in [6.07, 6.45) is 2.13. The number of H-pyrrole nitrogens is 1. The zero-order valence-electron chi connectivity index (χ0n) is 9.30. The van der Waals surface area contributed by atoms with E-state index in [-0.39, 0.29) is 11.4 Å². The van der Waals surface area contributed by atoms with Crippen LogP contribution in [0.25, 0.3) is 11.4 Å². The van der Waals surface area contributed by atoms with E-state index in [2.05, 4.69) is 15.2 Å². The molecule has 5 heteroatoms. The van der Waals surface area contributed by atoms with Crippen LogP contribution >= 0.6 is 0 Å². The van der Waals surface area contributed by atoms with E-state index in [0.29, 0.717) is 11.5 Å². The number of aromatic amines is 1. The number of hydrogen-bond donors (Lipinski definition) is 1. The van der Waals surface area contributed by atoms with Crippen LogP contribution in [0, 0.1) is 18.6 Å². The standard InChI is InChI=1S/C12H11F2N3/c1-6-2-5-8(13)9(10(6)14)12-15-11(16-17-12)7-3-4-7/h2,5,7H,3-4H2,1H3,(H,15,16,17). The molecule has 0 amide bonds. The summed E-state index contributed by atoms with van der Waals surface area (Å²) < 4.78 is 27.4. The minimum Gasteiger partial charge on any atom is -0.262 e. The summed E-state index contributed by atoms with van der Waals surface area (Å²) in [6, 6.07) is 2.64. The summed E-state index contributed by atoms with van der Waals surface area (Å²) in [5.41, 5.74) is 0.243. The lowest BCUT2D eigenvalue weighted by Gasteiger charge is -2.02. The minimum atomic E-state index is -0.630. The number of halogens is 2. The van der Waals surface area contributed by atoms with Crippen LogP contribution in [-0.2, 0) is 0 Å². The fraction of sp³-hybridized carbons (Fsp3) is 0.333. The largest absolute Gasteiger partial charge is 0.262 e. The second kappa shape index (κ2) is 3.61. The van der Waals surface area contributed by atoms with Crippen molar-refractivity contribution in [2.45, 2.75) is 25.7 Å². The molecule has 2 aromatic rings. The third-order valence-electron chi connectivity index (χ3n) is 2.97. The molecule has 0 saturated heterocycles. The molecule has 0 radical (unpaired) electrons. The van der Waals surface area contributed by atoms with Crippen molar-refractivity contribution in [1.29, 1.82) is 0 Å². The number of rotatable bonds is 2. The smallest absolute Gasteiger partial charge is 0.187 e. The highest BCUT2D eigenvalue weighted by molar-refractivity contribution is 5.58. The summed E-state index contributed by atoms with van der Waals surface area (Å²) in [5.74, 6) is -0.0149. The van der Waals surface area contributed by atoms with Crippen LogP contribution in [-0.4, -0.2) is 15.2 Å². The molecule has 1 aromatic heterocycles. The van der Waals surface area contributed by atoms with E-state index in [1.807, 2.05) is 0 Å². The number of benzene rings is 1. The van der Waals surface area contributed by atoms with Crippen molar-refractivity contribution < 1.29 is 8.78 Å². The van der Waals surface area contributed by atoms with Gasteiger partial charge in [-0.25, -0.2) is 13.8 Å². The highest BCUT2D eigenvalue weighted by atomic mass is 19.1. The third kappa shape index (κ3) is 1.71. The van der Waals surface area contributed by atoms with Crippen molar-refractivity contribution in [2.75, 3.05) is 0 Å². The molecule has 1 saturated carbocycles. The molecular formula is C12H11F2N3. The van der Waals surface area contributed by atoms with Gasteiger partial charge in [0.05, 0.1) is 5.56 Å². The molecule has 0 unspecified atom stereocenters. The predicted octanol–water partition coefficient (Wildman–Crippen LogP) is 2.94. The molecule has 0 atom stereocenters. The first-order chi connectivity index (χ1) is 8.16. The summed E-state index contributed by atoms with van der Waals surface area (Å²) in [5, 5.41) is 6.64. The average Bonchev–Trinajstić information content (AvgIpc) is 3.05. The Morgan fingerprint density at radius 2 is 2.06 bits per heavy atom. The van der Waals surface area contributed by atoms with Crippen molar-refractivity contribution in [1.82, 2.24) is 15.2 Å². The van der Waals surface area contributed by atoms with Gasteiger partial charge in [-0.15, -0.1) is 0 Å². The third-order valence-corrected chi connectivity index (χ3v) is 2.97. The van der Waals surface area contributed by atoms with Gasteiger partial charge in [0.25, 0.3) is 0 Å². The Morgan fingerprint density at radius 1 is 1.29 bits per heavy atom. The van der Waals surface area contributed by atoms with Crippen molar-refractivity contribution in [2.24, 2.45) is 0 Å². The monoisotopic (exact) mass is 235 g/mol. The van der Waals surface area contributed by atoms with Gasteiger partial charge >= 0.3 is 0 Å². The van der Waals surface area contributed by atoms with E-state index in [4.69, 9.17) is 0 Å². The minimum absolute atomic E-state index is 0.102. The number of aryl methyl sites for hydroxylation is 1. The summed E-state index contributed by atoms with van der Waals surface area (Å²) in [7, 11) is 0. The van der Waals surface area contributed by atoms with Crippen LogP contribution in [0.4, 0.5) is 8.78 Å². The van der Waals surface area contributed by atoms with Crippen LogP contribution < -0.4 is 0 Å². The lowest BCUT2D eigenvalue weighted by atomic mass is 10.1. The highest BCUT2D eigenvalue weighted by Gasteiger charge is 2.28. The van der Waals surface area contributed by atoms with E-state index >= 15 is 0 Å². The zero-order chi connectivity index (χ0) is 12.0. The van der Waals surface area contributed by atoms with Gasteiger partial charge in [-0.05, 0) is 31.4 Å². The molecule has 1 fully saturated rings. The van der Waals surface area contributed by atoms with Crippen LogP contribution in [0.2, 0.25) is 0 Å². The normalized spacial score (nSPS) is 15.2. The Balaban J connectivity index is 2.10. The molecule has 17 heavy (non-hydrogen) atoms. The maximum absolute atomic E-state index is 13.8. The summed E-state index contributed by atoms with van der Waals surface area (Å²) in [6.45, 7) is 1.59. The van der Waals surface area contributed by atoms with Gasteiger partial charge in [0, 0.05) is 5.92 Å². The maximum Gasteiger partial charge on any atom is 0.187 e. The van der Waals surface area contributed by atoms with Crippen LogP contribution in [0.1, 0.15) is 30.1 Å². The van der Waals surface area contributed by atoms with Crippen molar-refractivity contribution >= 4 is 0 Å². The van der Waals surface area contributed by atoms with E-state index in [1.165, 1.54) is 12.1 Å². The first kappa shape index (κ1) is 10.4. The molecule has 1 heterocycles. The Kier molecular flexibility index (Phi) is 2.21. The van der Waals surface area contributed by atoms with Gasteiger partial charge in [0.1, 0.15) is 17.5 Å². The first-order valence-corrected chi connectivity index (χ1v) is 5.54. The Hall–Kier alpha value is -1.78. The molecule has 0 bridgehead atoms. The molecule has 1 aliphatic carbocycles. The Bertz CT molecular complexity index is 573. The quantitative estimate of drug-likeness (QED) is 0.869. The van der Waals surface area contributed by atoms with Gasteiger partial charge in [0.15, 0.2) is 5.82 Å². The number of nitrogens with zero attached hydrogens (tertiary/aromatic N) is 2. The molecule has 3 rings (SSSR count). The lowest BCUT2D eigenvalue weighted by Crippen LogP contribution is -1.95. The second-order valence-electron chi connectivity index (χ2n) is 4.37. The number of hydrogen-bond acceptors (Lipinski definition) is 2. The van der Waals surface area contributed by atoms with Gasteiger partial charge in [-0.3, -0.25) is 5.10 Å². The summed E-state index contributed by atoms with van der Waals surface area (Å²) in [4.78, 5) is 4.16. The SMILES string of the molecule is Cc1ccc(F)c(-c2n[nH]c(C3CC3)n2)c1F. The Morgan fingerprint density at radius 3 is 2.76 bits per heavy atom. The molecule has 1 aromatic carbocycles. The van der Waals surface area contributed by atoms with Crippen molar-refractivity contribution in [3.8, 4) is 11.4 Å². The van der Waals surface area contributed by atoms with Crippen LogP contribution in [0.5, 0.6) is 0 Å². The van der Waals surface area contributed by atoms with Gasteiger partial charge in [-0.1, -0.05) is 6.07 Å². The number of nitrogens with one attached hydrogen (secondary N) is 1. The highest BCUT2D eigenvalue weighted by Crippen LogP contribution is 2.38. The Labute approximate surface area is 96.9 Å². The summed E-state index contributed by atoms with van der Waals surface area (Å²) >= 11 is 0. The van der Waals surface area contributed by atoms with Gasteiger partial charge in [0.2, 0.25) is 0 Å². The molecule has 0 spiro atoms. The number of aromatic nitrogens is 3. The molecule has 3 nitrogen and oxygen atoms in total. The molecular weight excluding hydrogens is 224 g/mol. The molecule has 0 aliphatic heterocycles.